The van der Waals surface area contributed by atoms with E-state index in [1.165, 1.54) is 5.56 Å². The van der Waals surface area contributed by atoms with E-state index in [0.717, 1.165) is 28.2 Å². The number of hydrogen-bond acceptors (Lipinski definition) is 3. The smallest absolute Gasteiger partial charge is 0.161 e. The molecular weight excluding hydrogens is 318 g/mol. The van der Waals surface area contributed by atoms with Gasteiger partial charge in [-0.3, -0.25) is 0 Å². The predicted octanol–water partition coefficient (Wildman–Crippen LogP) is 4.26. The van der Waals surface area contributed by atoms with Crippen LogP contribution in [0, 0.1) is 6.92 Å². The molecule has 0 aliphatic carbocycles. The highest BCUT2D eigenvalue weighted by Gasteiger charge is 2.02. The van der Waals surface area contributed by atoms with Crippen molar-refractivity contribution in [2.45, 2.75) is 6.92 Å². The average molecular weight is 336 g/mol. The summed E-state index contributed by atoms with van der Waals surface area (Å²) in [5, 5.41) is 3.37. The van der Waals surface area contributed by atoms with Crippen LogP contribution in [0.4, 0.5) is 5.69 Å². The zero-order valence-corrected chi connectivity index (χ0v) is 13.2. The van der Waals surface area contributed by atoms with Crippen molar-refractivity contribution >= 4 is 21.6 Å². The molecule has 0 unspecified atom stereocenters. The molecular formula is C16H18BrNO2. The Bertz CT molecular complexity index is 572. The summed E-state index contributed by atoms with van der Waals surface area (Å²) in [4.78, 5) is 0. The molecule has 2 aromatic rings. The van der Waals surface area contributed by atoms with E-state index in [1.54, 1.807) is 7.11 Å². The lowest BCUT2D eigenvalue weighted by Crippen LogP contribution is -2.12. The van der Waals surface area contributed by atoms with Crippen LogP contribution in [0.15, 0.2) is 46.9 Å². The molecule has 0 amide bonds. The molecule has 0 aromatic heterocycles. The first-order chi connectivity index (χ1) is 9.70. The summed E-state index contributed by atoms with van der Waals surface area (Å²) < 4.78 is 12.0. The van der Waals surface area contributed by atoms with Crippen molar-refractivity contribution < 1.29 is 9.47 Å². The van der Waals surface area contributed by atoms with Crippen molar-refractivity contribution in [2.24, 2.45) is 0 Å². The number of rotatable bonds is 6. The molecule has 0 fully saturated rings. The second-order valence-electron chi connectivity index (χ2n) is 4.39. The zero-order chi connectivity index (χ0) is 14.4. The normalized spacial score (nSPS) is 10.2. The molecule has 0 spiro atoms. The number of halogens is 1. The highest BCUT2D eigenvalue weighted by molar-refractivity contribution is 9.10. The number of anilines is 1. The Morgan fingerprint density at radius 3 is 2.60 bits per heavy atom. The van der Waals surface area contributed by atoms with Gasteiger partial charge in [0.1, 0.15) is 6.61 Å². The van der Waals surface area contributed by atoms with Crippen LogP contribution >= 0.6 is 15.9 Å². The fraction of sp³-hybridized carbons (Fsp3) is 0.250. The van der Waals surface area contributed by atoms with Crippen molar-refractivity contribution in [1.82, 2.24) is 0 Å². The maximum absolute atomic E-state index is 5.72. The van der Waals surface area contributed by atoms with E-state index < -0.39 is 0 Å². The van der Waals surface area contributed by atoms with Crippen LogP contribution in [0.1, 0.15) is 5.56 Å². The van der Waals surface area contributed by atoms with E-state index in [2.05, 4.69) is 40.3 Å². The van der Waals surface area contributed by atoms with E-state index in [4.69, 9.17) is 9.47 Å². The molecule has 0 aliphatic rings. The first-order valence-electron chi connectivity index (χ1n) is 6.46. The van der Waals surface area contributed by atoms with Crippen LogP contribution in [0.5, 0.6) is 11.5 Å². The minimum Gasteiger partial charge on any atom is -0.493 e. The Labute approximate surface area is 128 Å². The van der Waals surface area contributed by atoms with Crippen LogP contribution < -0.4 is 14.8 Å². The summed E-state index contributed by atoms with van der Waals surface area (Å²) in [6.45, 7) is 3.39. The molecule has 2 aromatic carbocycles. The summed E-state index contributed by atoms with van der Waals surface area (Å²) in [6.07, 6.45) is 0. The van der Waals surface area contributed by atoms with Gasteiger partial charge in [0.2, 0.25) is 0 Å². The molecule has 1 N–H and O–H groups in total. The standard InChI is InChI=1S/C16H18BrNO2/c1-12-7-8-13(17)11-14(12)18-9-10-20-16-6-4-3-5-15(16)19-2/h3-8,11,18H,9-10H2,1-2H3. The first kappa shape index (κ1) is 14.7. The Kier molecular flexibility index (Phi) is 5.30. The summed E-state index contributed by atoms with van der Waals surface area (Å²) >= 11 is 3.47. The SMILES string of the molecule is COc1ccccc1OCCNc1cc(Br)ccc1C. The van der Waals surface area contributed by atoms with Crippen LogP contribution in [0.25, 0.3) is 0 Å². The van der Waals surface area contributed by atoms with Gasteiger partial charge in [0.05, 0.1) is 7.11 Å². The van der Waals surface area contributed by atoms with Gasteiger partial charge in [-0.25, -0.2) is 0 Å². The Balaban J connectivity index is 1.86. The van der Waals surface area contributed by atoms with Crippen LogP contribution in [0.3, 0.4) is 0 Å². The van der Waals surface area contributed by atoms with Gasteiger partial charge in [0, 0.05) is 16.7 Å². The van der Waals surface area contributed by atoms with Crippen molar-refractivity contribution in [1.29, 1.82) is 0 Å². The lowest BCUT2D eigenvalue weighted by atomic mass is 10.2. The van der Waals surface area contributed by atoms with Gasteiger partial charge in [-0.2, -0.15) is 0 Å². The van der Waals surface area contributed by atoms with Gasteiger partial charge in [0.15, 0.2) is 11.5 Å². The number of aryl methyl sites for hydroxylation is 1. The van der Waals surface area contributed by atoms with E-state index in [9.17, 15) is 0 Å². The van der Waals surface area contributed by atoms with Crippen molar-refractivity contribution in [3.05, 3.63) is 52.5 Å². The van der Waals surface area contributed by atoms with E-state index >= 15 is 0 Å². The third-order valence-electron chi connectivity index (χ3n) is 2.94. The molecule has 0 saturated heterocycles. The highest BCUT2D eigenvalue weighted by Crippen LogP contribution is 2.25. The number of ether oxygens (including phenoxy) is 2. The molecule has 0 heterocycles. The lowest BCUT2D eigenvalue weighted by Gasteiger charge is -2.12. The van der Waals surface area contributed by atoms with Gasteiger partial charge >= 0.3 is 0 Å². The molecule has 0 atom stereocenters. The third kappa shape index (κ3) is 3.90. The fourth-order valence-corrected chi connectivity index (χ4v) is 2.23. The largest absolute Gasteiger partial charge is 0.493 e. The molecule has 0 radical (unpaired) electrons. The average Bonchev–Trinajstić information content (AvgIpc) is 2.47. The molecule has 20 heavy (non-hydrogen) atoms. The van der Waals surface area contributed by atoms with Gasteiger partial charge < -0.3 is 14.8 Å². The molecule has 0 bridgehead atoms. The van der Waals surface area contributed by atoms with Crippen molar-refractivity contribution in [2.75, 3.05) is 25.6 Å². The second-order valence-corrected chi connectivity index (χ2v) is 5.30. The van der Waals surface area contributed by atoms with Gasteiger partial charge in [-0.05, 0) is 36.8 Å². The van der Waals surface area contributed by atoms with Crippen LogP contribution in [0.2, 0.25) is 0 Å². The summed E-state index contributed by atoms with van der Waals surface area (Å²) in [5.74, 6) is 1.52. The Morgan fingerprint density at radius 1 is 1.10 bits per heavy atom. The molecule has 0 aliphatic heterocycles. The molecule has 0 saturated carbocycles. The summed E-state index contributed by atoms with van der Waals surface area (Å²) in [5.41, 5.74) is 2.33. The number of nitrogens with one attached hydrogen (secondary N) is 1. The highest BCUT2D eigenvalue weighted by atomic mass is 79.9. The predicted molar refractivity (Wildman–Crippen MR) is 85.9 cm³/mol. The number of para-hydroxylation sites is 2. The maximum Gasteiger partial charge on any atom is 0.161 e. The quantitative estimate of drug-likeness (QED) is 0.800. The van der Waals surface area contributed by atoms with Crippen molar-refractivity contribution in [3.8, 4) is 11.5 Å². The number of methoxy groups -OCH3 is 1. The summed E-state index contributed by atoms with van der Waals surface area (Å²) in [6, 6.07) is 13.8. The molecule has 2 rings (SSSR count). The van der Waals surface area contributed by atoms with Gasteiger partial charge in [-0.1, -0.05) is 34.1 Å². The molecule has 4 heteroatoms. The second kappa shape index (κ2) is 7.20. The zero-order valence-electron chi connectivity index (χ0n) is 11.7. The van der Waals surface area contributed by atoms with Gasteiger partial charge in [-0.15, -0.1) is 0 Å². The lowest BCUT2D eigenvalue weighted by molar-refractivity contribution is 0.306. The van der Waals surface area contributed by atoms with Gasteiger partial charge in [0.25, 0.3) is 0 Å². The van der Waals surface area contributed by atoms with E-state index in [-0.39, 0.29) is 0 Å². The first-order valence-corrected chi connectivity index (χ1v) is 7.26. The summed E-state index contributed by atoms with van der Waals surface area (Å²) in [7, 11) is 1.64. The molecule has 106 valence electrons. The Hall–Kier alpha value is -1.68. The van der Waals surface area contributed by atoms with Crippen LogP contribution in [-0.2, 0) is 0 Å². The third-order valence-corrected chi connectivity index (χ3v) is 3.44. The monoisotopic (exact) mass is 335 g/mol. The molecule has 3 nitrogen and oxygen atoms in total. The Morgan fingerprint density at radius 2 is 1.85 bits per heavy atom. The topological polar surface area (TPSA) is 30.5 Å². The van der Waals surface area contributed by atoms with E-state index in [0.29, 0.717) is 6.61 Å². The number of hydrogen-bond donors (Lipinski definition) is 1. The number of benzene rings is 2. The minimum atomic E-state index is 0.576. The maximum atomic E-state index is 5.72. The van der Waals surface area contributed by atoms with E-state index in [1.807, 2.05) is 30.3 Å². The van der Waals surface area contributed by atoms with Crippen molar-refractivity contribution in [3.63, 3.8) is 0 Å². The minimum absolute atomic E-state index is 0.576. The fourth-order valence-electron chi connectivity index (χ4n) is 1.87. The van der Waals surface area contributed by atoms with Crippen LogP contribution in [-0.4, -0.2) is 20.3 Å².